The van der Waals surface area contributed by atoms with E-state index in [1.807, 2.05) is 0 Å². The molecular formula is C16H15F3N2O2. The minimum atomic E-state index is -4.33. The van der Waals surface area contributed by atoms with Crippen LogP contribution in [0.2, 0.25) is 0 Å². The smallest absolute Gasteiger partial charge is 0.361 e. The van der Waals surface area contributed by atoms with E-state index in [1.165, 1.54) is 12.1 Å². The highest BCUT2D eigenvalue weighted by Crippen LogP contribution is 2.29. The molecule has 0 unspecified atom stereocenters. The van der Waals surface area contributed by atoms with E-state index < -0.39 is 11.7 Å². The van der Waals surface area contributed by atoms with E-state index >= 15 is 0 Å². The van der Waals surface area contributed by atoms with Crippen LogP contribution in [0.1, 0.15) is 28.9 Å². The van der Waals surface area contributed by atoms with Gasteiger partial charge >= 0.3 is 6.18 Å². The average Bonchev–Trinajstić information content (AvgIpc) is 2.99. The van der Waals surface area contributed by atoms with Crippen LogP contribution < -0.4 is 0 Å². The minimum absolute atomic E-state index is 0.0169. The predicted octanol–water partition coefficient (Wildman–Crippen LogP) is 3.21. The van der Waals surface area contributed by atoms with E-state index in [2.05, 4.69) is 5.16 Å². The summed E-state index contributed by atoms with van der Waals surface area (Å²) in [6, 6.07) is 4.93. The van der Waals surface area contributed by atoms with Gasteiger partial charge in [-0.2, -0.15) is 13.2 Å². The molecule has 0 aliphatic carbocycles. The maximum Gasteiger partial charge on any atom is 0.416 e. The van der Waals surface area contributed by atoms with Crippen molar-refractivity contribution in [2.45, 2.75) is 32.0 Å². The Morgan fingerprint density at radius 3 is 2.70 bits per heavy atom. The molecule has 1 aliphatic rings. The van der Waals surface area contributed by atoms with Crippen LogP contribution >= 0.6 is 0 Å². The molecule has 1 aromatic carbocycles. The van der Waals surface area contributed by atoms with E-state index in [9.17, 15) is 18.0 Å². The molecule has 4 nitrogen and oxygen atoms in total. The number of carbonyl (C=O) groups is 1. The first-order valence-electron chi connectivity index (χ1n) is 7.30. The molecule has 3 rings (SSSR count). The maximum absolute atomic E-state index is 12.5. The highest BCUT2D eigenvalue weighted by molar-refractivity contribution is 5.76. The lowest BCUT2D eigenvalue weighted by Crippen LogP contribution is -2.35. The first kappa shape index (κ1) is 15.6. The normalized spacial score (nSPS) is 14.7. The van der Waals surface area contributed by atoms with E-state index in [0.29, 0.717) is 31.5 Å². The van der Waals surface area contributed by atoms with E-state index in [0.717, 1.165) is 23.5 Å². The highest BCUT2D eigenvalue weighted by atomic mass is 19.4. The lowest BCUT2D eigenvalue weighted by atomic mass is 10.1. The second-order valence-corrected chi connectivity index (χ2v) is 5.53. The number of aryl methyl sites for hydroxylation is 1. The van der Waals surface area contributed by atoms with Crippen LogP contribution in [-0.4, -0.2) is 22.5 Å². The highest BCUT2D eigenvalue weighted by Gasteiger charge is 2.30. The van der Waals surface area contributed by atoms with Crippen LogP contribution in [0.4, 0.5) is 13.2 Å². The lowest BCUT2D eigenvalue weighted by Gasteiger charge is -2.25. The predicted molar refractivity (Wildman–Crippen MR) is 75.4 cm³/mol. The molecule has 122 valence electrons. The van der Waals surface area contributed by atoms with Gasteiger partial charge in [0.25, 0.3) is 0 Å². The van der Waals surface area contributed by atoms with E-state index in [1.54, 1.807) is 11.1 Å². The number of halogens is 3. The summed E-state index contributed by atoms with van der Waals surface area (Å²) in [5.74, 6) is 0.800. The van der Waals surface area contributed by atoms with Crippen LogP contribution in [0.5, 0.6) is 0 Å². The van der Waals surface area contributed by atoms with Gasteiger partial charge < -0.3 is 9.42 Å². The van der Waals surface area contributed by atoms with Gasteiger partial charge in [0.05, 0.1) is 18.3 Å². The molecule has 2 heterocycles. The Labute approximate surface area is 130 Å². The number of nitrogens with zero attached hydrogens (tertiary/aromatic N) is 2. The van der Waals surface area contributed by atoms with Crippen LogP contribution in [0.3, 0.4) is 0 Å². The van der Waals surface area contributed by atoms with Gasteiger partial charge in [0.2, 0.25) is 5.91 Å². The molecule has 0 spiro atoms. The Hall–Kier alpha value is -2.31. The molecule has 1 aliphatic heterocycles. The van der Waals surface area contributed by atoms with E-state index in [-0.39, 0.29) is 12.3 Å². The van der Waals surface area contributed by atoms with Crippen molar-refractivity contribution in [2.24, 2.45) is 0 Å². The Balaban J connectivity index is 1.55. The number of carbonyl (C=O) groups excluding carboxylic acids is 1. The molecule has 0 fully saturated rings. The van der Waals surface area contributed by atoms with Crippen molar-refractivity contribution < 1.29 is 22.5 Å². The Morgan fingerprint density at radius 1 is 1.26 bits per heavy atom. The lowest BCUT2D eigenvalue weighted by molar-refractivity contribution is -0.137. The number of aromatic nitrogens is 1. The third-order valence-corrected chi connectivity index (χ3v) is 3.96. The van der Waals surface area contributed by atoms with Crippen molar-refractivity contribution in [3.05, 3.63) is 52.9 Å². The minimum Gasteiger partial charge on any atom is -0.361 e. The van der Waals surface area contributed by atoms with Gasteiger partial charge in [0, 0.05) is 24.9 Å². The molecule has 0 saturated heterocycles. The first-order chi connectivity index (χ1) is 10.9. The fourth-order valence-electron chi connectivity index (χ4n) is 2.62. The second kappa shape index (κ2) is 6.06. The largest absolute Gasteiger partial charge is 0.416 e. The van der Waals surface area contributed by atoms with Crippen LogP contribution in [-0.2, 0) is 30.4 Å². The van der Waals surface area contributed by atoms with Crippen LogP contribution in [0.15, 0.2) is 35.0 Å². The molecule has 1 amide bonds. The summed E-state index contributed by atoms with van der Waals surface area (Å²) >= 11 is 0. The van der Waals surface area contributed by atoms with Crippen LogP contribution in [0.25, 0.3) is 0 Å². The van der Waals surface area contributed by atoms with Gasteiger partial charge in [0.1, 0.15) is 5.76 Å². The summed E-state index contributed by atoms with van der Waals surface area (Å²) in [4.78, 5) is 14.0. The summed E-state index contributed by atoms with van der Waals surface area (Å²) in [7, 11) is 0. The monoisotopic (exact) mass is 324 g/mol. The topological polar surface area (TPSA) is 46.3 Å². The van der Waals surface area contributed by atoms with Crippen molar-refractivity contribution in [3.63, 3.8) is 0 Å². The van der Waals surface area contributed by atoms with Gasteiger partial charge in [-0.25, -0.2) is 0 Å². The molecule has 0 radical (unpaired) electrons. The third-order valence-electron chi connectivity index (χ3n) is 3.96. The second-order valence-electron chi connectivity index (χ2n) is 5.53. The van der Waals surface area contributed by atoms with Crippen LogP contribution in [0, 0.1) is 0 Å². The molecular weight excluding hydrogens is 309 g/mol. The fourth-order valence-corrected chi connectivity index (χ4v) is 2.62. The molecule has 1 aromatic heterocycles. The molecule has 23 heavy (non-hydrogen) atoms. The molecule has 0 N–H and O–H groups in total. The van der Waals surface area contributed by atoms with Crippen molar-refractivity contribution in [1.29, 1.82) is 0 Å². The van der Waals surface area contributed by atoms with Gasteiger partial charge in [-0.15, -0.1) is 0 Å². The summed E-state index contributed by atoms with van der Waals surface area (Å²) < 4.78 is 42.6. The summed E-state index contributed by atoms with van der Waals surface area (Å²) in [6.45, 7) is 1.05. The molecule has 7 heteroatoms. The zero-order valence-corrected chi connectivity index (χ0v) is 12.3. The molecule has 0 saturated carbocycles. The quantitative estimate of drug-likeness (QED) is 0.871. The zero-order valence-electron chi connectivity index (χ0n) is 12.3. The number of hydrogen-bond donors (Lipinski definition) is 0. The van der Waals surface area contributed by atoms with Gasteiger partial charge in [0.15, 0.2) is 0 Å². The summed E-state index contributed by atoms with van der Waals surface area (Å²) in [5, 5.41) is 3.71. The van der Waals surface area contributed by atoms with E-state index in [4.69, 9.17) is 4.52 Å². The Bertz CT molecular complexity index is 692. The summed E-state index contributed by atoms with van der Waals surface area (Å²) in [6.07, 6.45) is -1.39. The Kier molecular flexibility index (Phi) is 4.11. The standard InChI is InChI=1S/C16H15F3N2O2/c17-16(18,19)13-4-1-11(2-5-13)3-6-15(22)21-8-7-14-12(10-21)9-20-23-14/h1-2,4-5,9H,3,6-8,10H2. The SMILES string of the molecule is O=C(CCc1ccc(C(F)(F)F)cc1)N1CCc2oncc2C1. The van der Waals surface area contributed by atoms with Crippen molar-refractivity contribution in [3.8, 4) is 0 Å². The zero-order chi connectivity index (χ0) is 16.4. The number of benzene rings is 1. The average molecular weight is 324 g/mol. The van der Waals surface area contributed by atoms with Crippen molar-refractivity contribution in [2.75, 3.05) is 6.54 Å². The number of alkyl halides is 3. The van der Waals surface area contributed by atoms with Gasteiger partial charge in [-0.1, -0.05) is 17.3 Å². The number of rotatable bonds is 3. The number of amides is 1. The van der Waals surface area contributed by atoms with Crippen molar-refractivity contribution in [1.82, 2.24) is 10.1 Å². The third kappa shape index (κ3) is 3.55. The first-order valence-corrected chi connectivity index (χ1v) is 7.30. The molecule has 0 atom stereocenters. The number of fused-ring (bicyclic) bond motifs is 1. The number of hydrogen-bond acceptors (Lipinski definition) is 3. The van der Waals surface area contributed by atoms with Gasteiger partial charge in [-0.05, 0) is 24.1 Å². The summed E-state index contributed by atoms with van der Waals surface area (Å²) in [5.41, 5.74) is 0.955. The molecule has 0 bridgehead atoms. The maximum atomic E-state index is 12.5. The Morgan fingerprint density at radius 2 is 2.00 bits per heavy atom. The van der Waals surface area contributed by atoms with Gasteiger partial charge in [-0.3, -0.25) is 4.79 Å². The van der Waals surface area contributed by atoms with Crippen molar-refractivity contribution >= 4 is 5.91 Å². The fraction of sp³-hybridized carbons (Fsp3) is 0.375. The molecule has 2 aromatic rings.